The van der Waals surface area contributed by atoms with Crippen LogP contribution in [-0.4, -0.2) is 57.8 Å². The number of hydrogen-bond donors (Lipinski definition) is 0. The summed E-state index contributed by atoms with van der Waals surface area (Å²) in [5, 5.41) is 0. The number of fused-ring (bicyclic) bond motifs is 1. The van der Waals surface area contributed by atoms with E-state index in [9.17, 15) is 9.59 Å². The summed E-state index contributed by atoms with van der Waals surface area (Å²) >= 11 is 1.95. The molecule has 5 heteroatoms. The van der Waals surface area contributed by atoms with Crippen LogP contribution in [0.5, 0.6) is 0 Å². The van der Waals surface area contributed by atoms with E-state index in [1.165, 1.54) is 0 Å². The Morgan fingerprint density at radius 2 is 1.83 bits per heavy atom. The van der Waals surface area contributed by atoms with E-state index in [0.717, 1.165) is 43.7 Å². The molecule has 0 saturated carbocycles. The van der Waals surface area contributed by atoms with Crippen LogP contribution in [0.4, 0.5) is 0 Å². The maximum atomic E-state index is 12.6. The Labute approximate surface area is 112 Å². The molecule has 3 saturated heterocycles. The van der Waals surface area contributed by atoms with Crippen molar-refractivity contribution in [1.29, 1.82) is 0 Å². The summed E-state index contributed by atoms with van der Waals surface area (Å²) in [5.41, 5.74) is 0. The van der Waals surface area contributed by atoms with E-state index >= 15 is 0 Å². The lowest BCUT2D eigenvalue weighted by atomic mass is 10.0. The van der Waals surface area contributed by atoms with Crippen molar-refractivity contribution in [3.63, 3.8) is 0 Å². The molecule has 3 rings (SSSR count). The molecule has 18 heavy (non-hydrogen) atoms. The highest BCUT2D eigenvalue weighted by molar-refractivity contribution is 7.99. The van der Waals surface area contributed by atoms with Crippen molar-refractivity contribution in [2.45, 2.75) is 50.7 Å². The van der Waals surface area contributed by atoms with Crippen molar-refractivity contribution in [1.82, 2.24) is 9.80 Å². The maximum Gasteiger partial charge on any atom is 0.246 e. The van der Waals surface area contributed by atoms with Crippen LogP contribution >= 0.6 is 11.8 Å². The van der Waals surface area contributed by atoms with Gasteiger partial charge in [0, 0.05) is 12.6 Å². The fraction of sp³-hybridized carbons (Fsp3) is 0.846. The third-order valence-corrected chi connectivity index (χ3v) is 5.48. The second-order valence-corrected chi connectivity index (χ2v) is 6.68. The maximum absolute atomic E-state index is 12.6. The third kappa shape index (κ3) is 1.83. The van der Waals surface area contributed by atoms with Crippen LogP contribution < -0.4 is 0 Å². The fourth-order valence-corrected chi connectivity index (χ4v) is 4.55. The summed E-state index contributed by atoms with van der Waals surface area (Å²) in [4.78, 5) is 28.6. The molecule has 3 aliphatic heterocycles. The minimum atomic E-state index is -0.250. The number of carbonyl (C=O) groups excluding carboxylic acids is 2. The summed E-state index contributed by atoms with van der Waals surface area (Å²) in [5.74, 6) is 2.60. The van der Waals surface area contributed by atoms with E-state index in [2.05, 4.69) is 0 Å². The normalized spacial score (nSPS) is 34.1. The van der Waals surface area contributed by atoms with Crippen LogP contribution in [0, 0.1) is 0 Å². The van der Waals surface area contributed by atoms with E-state index in [0.29, 0.717) is 6.04 Å². The van der Waals surface area contributed by atoms with Crippen LogP contribution in [0.15, 0.2) is 0 Å². The first-order valence-corrected chi connectivity index (χ1v) is 8.06. The monoisotopic (exact) mass is 268 g/mol. The molecule has 3 aliphatic rings. The second kappa shape index (κ2) is 4.76. The molecule has 2 unspecified atom stereocenters. The smallest absolute Gasteiger partial charge is 0.246 e. The Morgan fingerprint density at radius 3 is 2.56 bits per heavy atom. The topological polar surface area (TPSA) is 40.6 Å². The van der Waals surface area contributed by atoms with E-state index in [-0.39, 0.29) is 23.9 Å². The molecule has 4 nitrogen and oxygen atoms in total. The van der Waals surface area contributed by atoms with Crippen molar-refractivity contribution < 1.29 is 9.59 Å². The molecule has 0 aromatic carbocycles. The molecule has 2 amide bonds. The summed E-state index contributed by atoms with van der Waals surface area (Å²) in [6.07, 6.45) is 3.92. The molecule has 0 spiro atoms. The van der Waals surface area contributed by atoms with Gasteiger partial charge >= 0.3 is 0 Å². The number of piperazine rings is 1. The first-order chi connectivity index (χ1) is 8.70. The predicted octanol–water partition coefficient (Wildman–Crippen LogP) is 1.10. The first kappa shape index (κ1) is 12.3. The lowest BCUT2D eigenvalue weighted by molar-refractivity contribution is -0.161. The third-order valence-electron chi connectivity index (χ3n) is 4.43. The summed E-state index contributed by atoms with van der Waals surface area (Å²) < 4.78 is 0. The van der Waals surface area contributed by atoms with Gasteiger partial charge in [-0.15, -0.1) is 0 Å². The van der Waals surface area contributed by atoms with Crippen LogP contribution in [0.25, 0.3) is 0 Å². The Bertz CT molecular complexity index is 368. The van der Waals surface area contributed by atoms with Gasteiger partial charge in [-0.2, -0.15) is 11.8 Å². The molecule has 0 bridgehead atoms. The Kier molecular flexibility index (Phi) is 3.26. The summed E-state index contributed by atoms with van der Waals surface area (Å²) in [7, 11) is 0. The molecule has 0 aromatic rings. The zero-order valence-corrected chi connectivity index (χ0v) is 11.6. The van der Waals surface area contributed by atoms with Crippen LogP contribution in [0.3, 0.4) is 0 Å². The van der Waals surface area contributed by atoms with E-state index in [1.807, 2.05) is 23.6 Å². The highest BCUT2D eigenvalue weighted by atomic mass is 32.2. The number of rotatable bonds is 1. The van der Waals surface area contributed by atoms with Gasteiger partial charge < -0.3 is 9.80 Å². The van der Waals surface area contributed by atoms with Gasteiger partial charge in [-0.05, 0) is 44.1 Å². The Balaban J connectivity index is 1.83. The van der Waals surface area contributed by atoms with Crippen molar-refractivity contribution in [3.8, 4) is 0 Å². The molecular weight excluding hydrogens is 248 g/mol. The lowest BCUT2D eigenvalue weighted by Gasteiger charge is -2.45. The molecule has 0 aromatic heterocycles. The predicted molar refractivity (Wildman–Crippen MR) is 71.4 cm³/mol. The average Bonchev–Trinajstić information content (AvgIpc) is 2.87. The second-order valence-electron chi connectivity index (χ2n) is 5.45. The highest BCUT2D eigenvalue weighted by Gasteiger charge is 2.47. The quantitative estimate of drug-likeness (QED) is 0.715. The largest absolute Gasteiger partial charge is 0.329 e. The van der Waals surface area contributed by atoms with Gasteiger partial charge in [0.05, 0.1) is 0 Å². The Morgan fingerprint density at radius 1 is 1.11 bits per heavy atom. The van der Waals surface area contributed by atoms with Crippen molar-refractivity contribution in [3.05, 3.63) is 0 Å². The first-order valence-electron chi connectivity index (χ1n) is 6.90. The summed E-state index contributed by atoms with van der Waals surface area (Å²) in [6.45, 7) is 2.67. The van der Waals surface area contributed by atoms with Gasteiger partial charge in [0.25, 0.3) is 0 Å². The van der Waals surface area contributed by atoms with Crippen molar-refractivity contribution >= 4 is 23.6 Å². The molecule has 3 fully saturated rings. The molecule has 0 N–H and O–H groups in total. The van der Waals surface area contributed by atoms with E-state index in [4.69, 9.17) is 0 Å². The molecule has 100 valence electrons. The number of nitrogens with zero attached hydrogens (tertiary/aromatic N) is 2. The average molecular weight is 268 g/mol. The summed E-state index contributed by atoms with van der Waals surface area (Å²) in [6, 6.07) is -0.108. The standard InChI is InChI=1S/C13H20N2O2S/c1-9-12(16)14-6-2-3-11(14)13(17)15(9)10-4-7-18-8-5-10/h9-11H,2-8H2,1H3. The van der Waals surface area contributed by atoms with E-state index < -0.39 is 0 Å². The minimum absolute atomic E-state index is 0.150. The molecule has 0 aliphatic carbocycles. The zero-order chi connectivity index (χ0) is 12.7. The lowest BCUT2D eigenvalue weighted by Crippen LogP contribution is -2.64. The number of amides is 2. The van der Waals surface area contributed by atoms with Crippen LogP contribution in [0.2, 0.25) is 0 Å². The van der Waals surface area contributed by atoms with Gasteiger partial charge in [0.15, 0.2) is 0 Å². The van der Waals surface area contributed by atoms with Gasteiger partial charge in [-0.1, -0.05) is 0 Å². The molecular formula is C13H20N2O2S. The van der Waals surface area contributed by atoms with Crippen molar-refractivity contribution in [2.75, 3.05) is 18.1 Å². The fourth-order valence-electron chi connectivity index (χ4n) is 3.47. The minimum Gasteiger partial charge on any atom is -0.329 e. The Hall–Kier alpha value is -0.710. The molecule has 0 radical (unpaired) electrons. The molecule has 2 atom stereocenters. The number of thioether (sulfide) groups is 1. The van der Waals surface area contributed by atoms with Gasteiger partial charge in [0.2, 0.25) is 11.8 Å². The van der Waals surface area contributed by atoms with E-state index in [1.54, 1.807) is 4.90 Å². The van der Waals surface area contributed by atoms with Crippen LogP contribution in [-0.2, 0) is 9.59 Å². The van der Waals surface area contributed by atoms with Gasteiger partial charge in [0.1, 0.15) is 12.1 Å². The van der Waals surface area contributed by atoms with Gasteiger partial charge in [-0.25, -0.2) is 0 Å². The number of hydrogen-bond acceptors (Lipinski definition) is 3. The SMILES string of the molecule is CC1C(=O)N2CCCC2C(=O)N1C1CCSCC1. The highest BCUT2D eigenvalue weighted by Crippen LogP contribution is 2.31. The zero-order valence-electron chi connectivity index (χ0n) is 10.8. The van der Waals surface area contributed by atoms with Crippen LogP contribution in [0.1, 0.15) is 32.6 Å². The van der Waals surface area contributed by atoms with Gasteiger partial charge in [-0.3, -0.25) is 9.59 Å². The van der Waals surface area contributed by atoms with Crippen molar-refractivity contribution in [2.24, 2.45) is 0 Å². The number of carbonyl (C=O) groups is 2. The molecule has 3 heterocycles.